The average molecular weight is 228 g/mol. The highest BCUT2D eigenvalue weighted by Crippen LogP contribution is 2.07. The average Bonchev–Trinajstić information content (AvgIpc) is 2.32. The van der Waals surface area contributed by atoms with Crippen LogP contribution in [0.25, 0.3) is 0 Å². The predicted octanol–water partition coefficient (Wildman–Crippen LogP) is 3.28. The Hall–Kier alpha value is -0.0800. The lowest BCUT2D eigenvalue weighted by molar-refractivity contribution is 0.207. The van der Waals surface area contributed by atoms with Gasteiger partial charge < -0.3 is 10.2 Å². The molecular weight excluding hydrogens is 196 g/mol. The molecule has 0 spiro atoms. The van der Waals surface area contributed by atoms with Crippen molar-refractivity contribution in [2.75, 3.05) is 19.6 Å². The van der Waals surface area contributed by atoms with Crippen LogP contribution >= 0.6 is 0 Å². The van der Waals surface area contributed by atoms with Crippen LogP contribution in [0.3, 0.4) is 0 Å². The van der Waals surface area contributed by atoms with Gasteiger partial charge in [0.25, 0.3) is 0 Å². The lowest BCUT2D eigenvalue weighted by Crippen LogP contribution is -2.35. The molecule has 2 unspecified atom stereocenters. The normalized spacial score (nSPS) is 15.4. The summed E-state index contributed by atoms with van der Waals surface area (Å²) < 4.78 is 0. The molecule has 1 N–H and O–H groups in total. The zero-order valence-electron chi connectivity index (χ0n) is 12.1. The molecule has 0 aliphatic rings. The number of nitrogens with one attached hydrogen (secondary N) is 1. The van der Waals surface area contributed by atoms with Gasteiger partial charge in [-0.3, -0.25) is 0 Å². The second kappa shape index (κ2) is 10.1. The quantitative estimate of drug-likeness (QED) is 0.617. The lowest BCUT2D eigenvalue weighted by Gasteiger charge is -2.27. The minimum Gasteiger partial charge on any atom is -0.314 e. The predicted molar refractivity (Wildman–Crippen MR) is 74.0 cm³/mol. The van der Waals surface area contributed by atoms with E-state index in [4.69, 9.17) is 0 Å². The summed E-state index contributed by atoms with van der Waals surface area (Å²) in [5.74, 6) is 0. The molecule has 0 radical (unpaired) electrons. The van der Waals surface area contributed by atoms with Crippen molar-refractivity contribution in [3.05, 3.63) is 0 Å². The number of hydrogen-bond donors (Lipinski definition) is 1. The Bertz CT molecular complexity index is 148. The fraction of sp³-hybridized carbons (Fsp3) is 1.00. The van der Waals surface area contributed by atoms with Crippen molar-refractivity contribution in [3.63, 3.8) is 0 Å². The van der Waals surface area contributed by atoms with E-state index in [-0.39, 0.29) is 0 Å². The monoisotopic (exact) mass is 228 g/mol. The Morgan fingerprint density at radius 2 is 1.75 bits per heavy atom. The SMILES string of the molecule is CCNC(CC)CCCN(CC)C(C)CC. The van der Waals surface area contributed by atoms with Gasteiger partial charge in [-0.05, 0) is 52.2 Å². The highest BCUT2D eigenvalue weighted by Gasteiger charge is 2.10. The third kappa shape index (κ3) is 6.49. The Labute approximate surface area is 103 Å². The van der Waals surface area contributed by atoms with Gasteiger partial charge in [0.1, 0.15) is 0 Å². The van der Waals surface area contributed by atoms with Gasteiger partial charge in [0.15, 0.2) is 0 Å². The Morgan fingerprint density at radius 3 is 2.19 bits per heavy atom. The van der Waals surface area contributed by atoms with E-state index >= 15 is 0 Å². The second-order valence-electron chi connectivity index (χ2n) is 4.69. The zero-order chi connectivity index (χ0) is 12.4. The highest BCUT2D eigenvalue weighted by molar-refractivity contribution is 4.68. The molecule has 0 amide bonds. The number of nitrogens with zero attached hydrogens (tertiary/aromatic N) is 1. The fourth-order valence-corrected chi connectivity index (χ4v) is 2.23. The summed E-state index contributed by atoms with van der Waals surface area (Å²) in [6, 6.07) is 1.46. The summed E-state index contributed by atoms with van der Waals surface area (Å²) in [5.41, 5.74) is 0. The molecule has 98 valence electrons. The Morgan fingerprint density at radius 1 is 1.06 bits per heavy atom. The lowest BCUT2D eigenvalue weighted by atomic mass is 10.1. The van der Waals surface area contributed by atoms with Crippen LogP contribution in [0.15, 0.2) is 0 Å². The summed E-state index contributed by atoms with van der Waals surface area (Å²) in [6.45, 7) is 14.9. The van der Waals surface area contributed by atoms with Gasteiger partial charge in [-0.15, -0.1) is 0 Å². The van der Waals surface area contributed by atoms with Crippen molar-refractivity contribution in [1.29, 1.82) is 0 Å². The summed E-state index contributed by atoms with van der Waals surface area (Å²) in [4.78, 5) is 2.60. The topological polar surface area (TPSA) is 15.3 Å². The number of hydrogen-bond acceptors (Lipinski definition) is 2. The largest absolute Gasteiger partial charge is 0.314 e. The number of rotatable bonds is 10. The summed E-state index contributed by atoms with van der Waals surface area (Å²) in [6.07, 6.45) is 5.16. The van der Waals surface area contributed by atoms with E-state index in [1.165, 1.54) is 38.8 Å². The van der Waals surface area contributed by atoms with Crippen molar-refractivity contribution in [2.45, 2.75) is 72.4 Å². The van der Waals surface area contributed by atoms with Crippen molar-refractivity contribution in [2.24, 2.45) is 0 Å². The van der Waals surface area contributed by atoms with Crippen LogP contribution < -0.4 is 5.32 Å². The molecule has 0 heterocycles. The molecule has 0 fully saturated rings. The second-order valence-corrected chi connectivity index (χ2v) is 4.69. The third-order valence-electron chi connectivity index (χ3n) is 3.60. The molecule has 0 aromatic rings. The van der Waals surface area contributed by atoms with Crippen LogP contribution in [-0.2, 0) is 0 Å². The molecule has 0 aromatic carbocycles. The first-order valence-electron chi connectivity index (χ1n) is 7.16. The standard InChI is InChI=1S/C14H32N2/c1-6-13(5)16(9-4)12-10-11-14(7-2)15-8-3/h13-15H,6-12H2,1-5H3. The van der Waals surface area contributed by atoms with Crippen LogP contribution in [-0.4, -0.2) is 36.6 Å². The molecule has 0 saturated carbocycles. The van der Waals surface area contributed by atoms with Crippen molar-refractivity contribution in [3.8, 4) is 0 Å². The maximum Gasteiger partial charge on any atom is 0.00647 e. The fourth-order valence-electron chi connectivity index (χ4n) is 2.23. The van der Waals surface area contributed by atoms with Gasteiger partial charge >= 0.3 is 0 Å². The van der Waals surface area contributed by atoms with E-state index in [1.54, 1.807) is 0 Å². The maximum atomic E-state index is 3.55. The highest BCUT2D eigenvalue weighted by atomic mass is 15.1. The minimum absolute atomic E-state index is 0.723. The van der Waals surface area contributed by atoms with Crippen molar-refractivity contribution in [1.82, 2.24) is 10.2 Å². The van der Waals surface area contributed by atoms with E-state index in [0.717, 1.165) is 18.6 Å². The van der Waals surface area contributed by atoms with Gasteiger partial charge in [0.2, 0.25) is 0 Å². The van der Waals surface area contributed by atoms with E-state index in [9.17, 15) is 0 Å². The van der Waals surface area contributed by atoms with Crippen molar-refractivity contribution < 1.29 is 0 Å². The molecule has 2 nitrogen and oxygen atoms in total. The van der Waals surface area contributed by atoms with Crippen LogP contribution in [0, 0.1) is 0 Å². The molecule has 2 atom stereocenters. The molecule has 0 aromatic heterocycles. The van der Waals surface area contributed by atoms with Gasteiger partial charge in [0, 0.05) is 12.1 Å². The maximum absolute atomic E-state index is 3.55. The molecule has 16 heavy (non-hydrogen) atoms. The molecular formula is C14H32N2. The zero-order valence-corrected chi connectivity index (χ0v) is 12.1. The molecule has 0 bridgehead atoms. The Kier molecular flexibility index (Phi) is 10.0. The third-order valence-corrected chi connectivity index (χ3v) is 3.60. The molecule has 0 aliphatic carbocycles. The van der Waals surface area contributed by atoms with Crippen LogP contribution in [0.5, 0.6) is 0 Å². The van der Waals surface area contributed by atoms with E-state index in [2.05, 4.69) is 44.8 Å². The summed E-state index contributed by atoms with van der Waals surface area (Å²) in [7, 11) is 0. The van der Waals surface area contributed by atoms with Crippen LogP contribution in [0.2, 0.25) is 0 Å². The van der Waals surface area contributed by atoms with E-state index in [1.807, 2.05) is 0 Å². The van der Waals surface area contributed by atoms with Gasteiger partial charge in [-0.2, -0.15) is 0 Å². The first kappa shape index (κ1) is 15.9. The minimum atomic E-state index is 0.723. The first-order valence-corrected chi connectivity index (χ1v) is 7.16. The van der Waals surface area contributed by atoms with E-state index < -0.39 is 0 Å². The molecule has 0 saturated heterocycles. The smallest absolute Gasteiger partial charge is 0.00647 e. The summed E-state index contributed by atoms with van der Waals surface area (Å²) >= 11 is 0. The first-order chi connectivity index (χ1) is 7.69. The van der Waals surface area contributed by atoms with Gasteiger partial charge in [0.05, 0.1) is 0 Å². The molecule has 2 heteroatoms. The van der Waals surface area contributed by atoms with Gasteiger partial charge in [-0.25, -0.2) is 0 Å². The van der Waals surface area contributed by atoms with Crippen molar-refractivity contribution >= 4 is 0 Å². The van der Waals surface area contributed by atoms with Crippen LogP contribution in [0.1, 0.15) is 60.3 Å². The van der Waals surface area contributed by atoms with Gasteiger partial charge in [-0.1, -0.05) is 27.7 Å². The van der Waals surface area contributed by atoms with E-state index in [0.29, 0.717) is 0 Å². The van der Waals surface area contributed by atoms with Crippen LogP contribution in [0.4, 0.5) is 0 Å². The molecule has 0 rings (SSSR count). The summed E-state index contributed by atoms with van der Waals surface area (Å²) in [5, 5.41) is 3.55. The molecule has 0 aliphatic heterocycles. The Balaban J connectivity index is 3.75.